The number of carbonyl (C=O) groups is 1. The number of amides is 1. The van der Waals surface area contributed by atoms with Gasteiger partial charge in [0.2, 0.25) is 0 Å². The van der Waals surface area contributed by atoms with Crippen LogP contribution in [0.1, 0.15) is 23.0 Å². The minimum Gasteiger partial charge on any atom is -0.332 e. The lowest BCUT2D eigenvalue weighted by molar-refractivity contribution is 0.0620. The van der Waals surface area contributed by atoms with Gasteiger partial charge in [-0.05, 0) is 18.0 Å². The van der Waals surface area contributed by atoms with Crippen LogP contribution in [-0.2, 0) is 0 Å². The van der Waals surface area contributed by atoms with E-state index in [-0.39, 0.29) is 5.91 Å². The summed E-state index contributed by atoms with van der Waals surface area (Å²) >= 11 is 1.16. The molecule has 82 valence electrons. The van der Waals surface area contributed by atoms with Crippen LogP contribution in [0.5, 0.6) is 0 Å². The number of hydrogen-bond acceptors (Lipinski definition) is 5. The Bertz CT molecular complexity index is 323. The van der Waals surface area contributed by atoms with Crippen LogP contribution >= 0.6 is 11.5 Å². The fraction of sp³-hybridized carbons (Fsp3) is 0.667. The lowest BCUT2D eigenvalue weighted by Crippen LogP contribution is -2.58. The van der Waals surface area contributed by atoms with E-state index in [9.17, 15) is 4.79 Å². The Hall–Kier alpha value is -1.01. The Morgan fingerprint density at radius 2 is 2.53 bits per heavy atom. The van der Waals surface area contributed by atoms with Crippen molar-refractivity contribution in [3.8, 4) is 0 Å². The van der Waals surface area contributed by atoms with E-state index in [0.717, 1.165) is 37.6 Å². The monoisotopic (exact) mass is 226 g/mol. The van der Waals surface area contributed by atoms with Crippen molar-refractivity contribution < 1.29 is 4.79 Å². The molecule has 0 aliphatic carbocycles. The fourth-order valence-corrected chi connectivity index (χ4v) is 2.06. The molecule has 0 saturated carbocycles. The van der Waals surface area contributed by atoms with E-state index in [2.05, 4.69) is 21.8 Å². The quantitative estimate of drug-likeness (QED) is 0.805. The lowest BCUT2D eigenvalue weighted by atomic mass is 10.1. The minimum absolute atomic E-state index is 0.0679. The van der Waals surface area contributed by atoms with Crippen molar-refractivity contribution in [2.75, 3.05) is 19.6 Å². The Kier molecular flexibility index (Phi) is 3.27. The molecule has 2 heterocycles. The Labute approximate surface area is 92.6 Å². The maximum Gasteiger partial charge on any atom is 0.267 e. The summed E-state index contributed by atoms with van der Waals surface area (Å²) in [6.07, 6.45) is 2.52. The third kappa shape index (κ3) is 2.15. The molecule has 0 atom stereocenters. The van der Waals surface area contributed by atoms with Gasteiger partial charge < -0.3 is 10.2 Å². The zero-order valence-corrected chi connectivity index (χ0v) is 9.46. The summed E-state index contributed by atoms with van der Waals surface area (Å²) in [5, 5.41) is 6.87. The van der Waals surface area contributed by atoms with Gasteiger partial charge in [-0.25, -0.2) is 0 Å². The van der Waals surface area contributed by atoms with Crippen LogP contribution in [-0.4, -0.2) is 46.1 Å². The van der Waals surface area contributed by atoms with Gasteiger partial charge in [-0.3, -0.25) is 4.79 Å². The van der Waals surface area contributed by atoms with Crippen molar-refractivity contribution >= 4 is 17.4 Å². The molecule has 6 heteroatoms. The minimum atomic E-state index is 0.0679. The molecule has 0 radical (unpaired) electrons. The average molecular weight is 226 g/mol. The highest BCUT2D eigenvalue weighted by molar-refractivity contribution is 7.07. The molecule has 1 aliphatic rings. The van der Waals surface area contributed by atoms with Crippen LogP contribution in [0.3, 0.4) is 0 Å². The molecule has 1 saturated heterocycles. The molecule has 0 spiro atoms. The van der Waals surface area contributed by atoms with Gasteiger partial charge >= 0.3 is 0 Å². The second-order valence-electron chi connectivity index (χ2n) is 3.59. The standard InChI is InChI=1S/C9H14N4OS/c1-2-3-13(7-4-10-5-7)9(14)8-6-11-12-15-8/h6-7,10H,2-5H2,1H3. The van der Waals surface area contributed by atoms with E-state index in [1.54, 1.807) is 6.20 Å². The molecule has 1 aliphatic heterocycles. The van der Waals surface area contributed by atoms with Crippen molar-refractivity contribution in [3.05, 3.63) is 11.1 Å². The van der Waals surface area contributed by atoms with Crippen LogP contribution in [0.2, 0.25) is 0 Å². The Morgan fingerprint density at radius 1 is 1.73 bits per heavy atom. The van der Waals surface area contributed by atoms with Gasteiger partial charge in [-0.2, -0.15) is 0 Å². The van der Waals surface area contributed by atoms with E-state index < -0.39 is 0 Å². The van der Waals surface area contributed by atoms with E-state index >= 15 is 0 Å². The molecule has 1 amide bonds. The molecule has 0 bridgehead atoms. The van der Waals surface area contributed by atoms with Crippen LogP contribution in [0.4, 0.5) is 0 Å². The second-order valence-corrected chi connectivity index (χ2v) is 4.38. The SMILES string of the molecule is CCCN(C(=O)c1cnns1)C1CNC1. The van der Waals surface area contributed by atoms with Gasteiger partial charge in [0.05, 0.1) is 12.2 Å². The summed E-state index contributed by atoms with van der Waals surface area (Å²) in [4.78, 5) is 14.6. The highest BCUT2D eigenvalue weighted by atomic mass is 32.1. The van der Waals surface area contributed by atoms with E-state index in [4.69, 9.17) is 0 Å². The number of hydrogen-bond donors (Lipinski definition) is 1. The molecular formula is C9H14N4OS. The third-order valence-corrected chi connectivity index (χ3v) is 3.15. The Morgan fingerprint density at radius 3 is 3.00 bits per heavy atom. The molecule has 1 N–H and O–H groups in total. The normalized spacial score (nSPS) is 16.1. The Balaban J connectivity index is 2.06. The van der Waals surface area contributed by atoms with Gasteiger partial charge in [0.25, 0.3) is 5.91 Å². The summed E-state index contributed by atoms with van der Waals surface area (Å²) in [7, 11) is 0. The number of nitrogens with zero attached hydrogens (tertiary/aromatic N) is 3. The number of nitrogens with one attached hydrogen (secondary N) is 1. The van der Waals surface area contributed by atoms with Crippen molar-refractivity contribution in [1.29, 1.82) is 0 Å². The zero-order valence-electron chi connectivity index (χ0n) is 8.64. The summed E-state index contributed by atoms with van der Waals surface area (Å²) in [5.74, 6) is 0.0679. The summed E-state index contributed by atoms with van der Waals surface area (Å²) in [5.41, 5.74) is 0. The predicted molar refractivity (Wildman–Crippen MR) is 57.9 cm³/mol. The first kappa shape index (κ1) is 10.5. The van der Waals surface area contributed by atoms with Gasteiger partial charge in [0.1, 0.15) is 4.88 Å². The average Bonchev–Trinajstić information content (AvgIpc) is 2.66. The first-order valence-electron chi connectivity index (χ1n) is 5.12. The molecule has 1 aromatic heterocycles. The van der Waals surface area contributed by atoms with Crippen molar-refractivity contribution in [2.24, 2.45) is 0 Å². The number of rotatable bonds is 4. The second kappa shape index (κ2) is 4.67. The van der Waals surface area contributed by atoms with Crippen LogP contribution in [0.25, 0.3) is 0 Å². The highest BCUT2D eigenvalue weighted by Gasteiger charge is 2.29. The summed E-state index contributed by atoms with van der Waals surface area (Å²) < 4.78 is 3.72. The first-order valence-corrected chi connectivity index (χ1v) is 5.89. The third-order valence-electron chi connectivity index (χ3n) is 2.50. The molecule has 2 rings (SSSR count). The summed E-state index contributed by atoms with van der Waals surface area (Å²) in [6, 6.07) is 0.347. The first-order chi connectivity index (χ1) is 7.33. The predicted octanol–water partition coefficient (Wildman–Crippen LogP) is 0.362. The van der Waals surface area contributed by atoms with Crippen LogP contribution < -0.4 is 5.32 Å². The molecule has 0 aromatic carbocycles. The van der Waals surface area contributed by atoms with Crippen molar-refractivity contribution in [2.45, 2.75) is 19.4 Å². The summed E-state index contributed by atoms with van der Waals surface area (Å²) in [6.45, 7) is 4.69. The topological polar surface area (TPSA) is 58.1 Å². The lowest BCUT2D eigenvalue weighted by Gasteiger charge is -2.37. The molecule has 1 fully saturated rings. The molecule has 1 aromatic rings. The van der Waals surface area contributed by atoms with E-state index in [1.807, 2.05) is 4.90 Å². The van der Waals surface area contributed by atoms with Crippen LogP contribution in [0.15, 0.2) is 6.20 Å². The van der Waals surface area contributed by atoms with Crippen molar-refractivity contribution in [1.82, 2.24) is 19.8 Å². The van der Waals surface area contributed by atoms with Crippen LogP contribution in [0, 0.1) is 0 Å². The zero-order chi connectivity index (χ0) is 10.7. The van der Waals surface area contributed by atoms with Gasteiger partial charge in [0, 0.05) is 19.6 Å². The van der Waals surface area contributed by atoms with E-state index in [0.29, 0.717) is 10.9 Å². The van der Waals surface area contributed by atoms with Gasteiger partial charge in [-0.15, -0.1) is 5.10 Å². The molecule has 0 unspecified atom stereocenters. The fourth-order valence-electron chi connectivity index (χ4n) is 1.59. The van der Waals surface area contributed by atoms with E-state index in [1.165, 1.54) is 0 Å². The maximum absolute atomic E-state index is 12.1. The van der Waals surface area contributed by atoms with Gasteiger partial charge in [0.15, 0.2) is 0 Å². The maximum atomic E-state index is 12.1. The number of aromatic nitrogens is 2. The molecule has 15 heavy (non-hydrogen) atoms. The van der Waals surface area contributed by atoms with Gasteiger partial charge in [-0.1, -0.05) is 11.4 Å². The smallest absolute Gasteiger partial charge is 0.267 e. The highest BCUT2D eigenvalue weighted by Crippen LogP contribution is 2.13. The molecule has 5 nitrogen and oxygen atoms in total. The molecular weight excluding hydrogens is 212 g/mol. The number of carbonyl (C=O) groups excluding carboxylic acids is 1. The van der Waals surface area contributed by atoms with Crippen molar-refractivity contribution in [3.63, 3.8) is 0 Å². The largest absolute Gasteiger partial charge is 0.332 e.